The van der Waals surface area contributed by atoms with Gasteiger partial charge in [-0.2, -0.15) is 0 Å². The zero-order valence-electron chi connectivity index (χ0n) is 11.8. The van der Waals surface area contributed by atoms with Gasteiger partial charge in [-0.05, 0) is 36.4 Å². The number of para-hydroxylation sites is 2. The van der Waals surface area contributed by atoms with E-state index in [9.17, 15) is 0 Å². The number of benzene rings is 2. The van der Waals surface area contributed by atoms with Crippen molar-refractivity contribution in [1.82, 2.24) is 0 Å². The monoisotopic (exact) mass is 282 g/mol. The van der Waals surface area contributed by atoms with Gasteiger partial charge in [0.1, 0.15) is 24.7 Å². The molecule has 0 amide bonds. The minimum absolute atomic E-state index is 0.439. The molecule has 0 spiro atoms. The lowest BCUT2D eigenvalue weighted by Crippen LogP contribution is -1.96. The second-order valence-corrected chi connectivity index (χ2v) is 4.22. The zero-order valence-corrected chi connectivity index (χ0v) is 11.8. The van der Waals surface area contributed by atoms with Crippen molar-refractivity contribution < 1.29 is 14.2 Å². The molecule has 0 atom stereocenters. The molecule has 3 nitrogen and oxygen atoms in total. The number of hydrogen-bond donors (Lipinski definition) is 0. The third-order valence-electron chi connectivity index (χ3n) is 2.63. The molecule has 2 aromatic carbocycles. The van der Waals surface area contributed by atoms with Crippen LogP contribution in [0.4, 0.5) is 0 Å². The van der Waals surface area contributed by atoms with E-state index in [-0.39, 0.29) is 0 Å². The van der Waals surface area contributed by atoms with Crippen LogP contribution in [0.3, 0.4) is 0 Å². The van der Waals surface area contributed by atoms with Crippen molar-refractivity contribution >= 4 is 0 Å². The van der Waals surface area contributed by atoms with Crippen molar-refractivity contribution in [3.63, 3.8) is 0 Å². The Morgan fingerprint density at radius 2 is 1.29 bits per heavy atom. The fourth-order valence-electron chi connectivity index (χ4n) is 1.69. The minimum atomic E-state index is 0.439. The Bertz CT molecular complexity index is 588. The van der Waals surface area contributed by atoms with Crippen LogP contribution in [0.25, 0.3) is 0 Å². The van der Waals surface area contributed by atoms with Crippen LogP contribution in [0.15, 0.2) is 73.8 Å². The first-order valence-corrected chi connectivity index (χ1v) is 6.68. The van der Waals surface area contributed by atoms with Crippen molar-refractivity contribution in [2.45, 2.75) is 0 Å². The first kappa shape index (κ1) is 14.7. The lowest BCUT2D eigenvalue weighted by molar-refractivity contribution is 0.339. The molecule has 0 radical (unpaired) electrons. The van der Waals surface area contributed by atoms with Gasteiger partial charge in [-0.1, -0.05) is 37.4 Å². The first-order chi connectivity index (χ1) is 10.3. The Kier molecular flexibility index (Phi) is 5.47. The van der Waals surface area contributed by atoms with Gasteiger partial charge in [0, 0.05) is 0 Å². The average Bonchev–Trinajstić information content (AvgIpc) is 2.53. The van der Waals surface area contributed by atoms with Gasteiger partial charge in [0.2, 0.25) is 0 Å². The van der Waals surface area contributed by atoms with Crippen LogP contribution in [-0.2, 0) is 0 Å². The lowest BCUT2D eigenvalue weighted by Gasteiger charge is -2.11. The highest BCUT2D eigenvalue weighted by atomic mass is 16.5. The predicted octanol–water partition coefficient (Wildman–Crippen LogP) is 4.61. The van der Waals surface area contributed by atoms with Crippen molar-refractivity contribution in [2.75, 3.05) is 13.2 Å². The van der Waals surface area contributed by atoms with Gasteiger partial charge in [0.25, 0.3) is 0 Å². The molecule has 0 fully saturated rings. The Morgan fingerprint density at radius 1 is 0.714 bits per heavy atom. The van der Waals surface area contributed by atoms with E-state index in [0.29, 0.717) is 24.7 Å². The summed E-state index contributed by atoms with van der Waals surface area (Å²) in [5.41, 5.74) is 0. The van der Waals surface area contributed by atoms with Crippen LogP contribution in [0.2, 0.25) is 0 Å². The maximum absolute atomic E-state index is 5.83. The summed E-state index contributed by atoms with van der Waals surface area (Å²) in [6, 6.07) is 14.9. The Labute approximate surface area is 125 Å². The van der Waals surface area contributed by atoms with Gasteiger partial charge in [-0.3, -0.25) is 0 Å². The maximum atomic E-state index is 5.83. The number of rotatable bonds is 8. The normalized spacial score (nSPS) is 9.71. The van der Waals surface area contributed by atoms with E-state index in [2.05, 4.69) is 13.2 Å². The third kappa shape index (κ3) is 4.42. The molecule has 0 heterocycles. The highest BCUT2D eigenvalue weighted by Crippen LogP contribution is 2.31. The molecule has 0 saturated heterocycles. The molecule has 0 saturated carbocycles. The Morgan fingerprint density at radius 3 is 1.95 bits per heavy atom. The molecule has 0 unspecified atom stereocenters. The van der Waals surface area contributed by atoms with Gasteiger partial charge >= 0.3 is 0 Å². The SMILES string of the molecule is C=CCOc1ccc(Oc2ccccc2OCC=C)cc1. The number of hydrogen-bond acceptors (Lipinski definition) is 3. The fraction of sp³-hybridized carbons (Fsp3) is 0.111. The van der Waals surface area contributed by atoms with E-state index < -0.39 is 0 Å². The first-order valence-electron chi connectivity index (χ1n) is 6.68. The summed E-state index contributed by atoms with van der Waals surface area (Å²) in [5, 5.41) is 0. The largest absolute Gasteiger partial charge is 0.490 e. The molecule has 0 N–H and O–H groups in total. The standard InChI is InChI=1S/C18H18O3/c1-3-13-19-15-9-11-16(12-10-15)21-18-8-6-5-7-17(18)20-14-4-2/h3-12H,1-2,13-14H2. The zero-order chi connectivity index (χ0) is 14.9. The highest BCUT2D eigenvalue weighted by Gasteiger charge is 2.05. The van der Waals surface area contributed by atoms with Crippen LogP contribution >= 0.6 is 0 Å². The van der Waals surface area contributed by atoms with Crippen LogP contribution in [0.5, 0.6) is 23.0 Å². The molecule has 0 bridgehead atoms. The van der Waals surface area contributed by atoms with Gasteiger partial charge < -0.3 is 14.2 Å². The molecule has 2 rings (SSSR count). The van der Waals surface area contributed by atoms with Crippen molar-refractivity contribution in [3.05, 3.63) is 73.8 Å². The van der Waals surface area contributed by atoms with Crippen molar-refractivity contribution in [1.29, 1.82) is 0 Å². The molecule has 0 aromatic heterocycles. The highest BCUT2D eigenvalue weighted by molar-refractivity contribution is 5.43. The van der Waals surface area contributed by atoms with Crippen molar-refractivity contribution in [3.8, 4) is 23.0 Å². The number of ether oxygens (including phenoxy) is 3. The van der Waals surface area contributed by atoms with Crippen LogP contribution in [0.1, 0.15) is 0 Å². The molecular formula is C18H18O3. The van der Waals surface area contributed by atoms with E-state index in [4.69, 9.17) is 14.2 Å². The lowest BCUT2D eigenvalue weighted by atomic mass is 10.3. The summed E-state index contributed by atoms with van der Waals surface area (Å²) in [4.78, 5) is 0. The molecule has 2 aromatic rings. The average molecular weight is 282 g/mol. The molecule has 108 valence electrons. The van der Waals surface area contributed by atoms with E-state index >= 15 is 0 Å². The molecule has 21 heavy (non-hydrogen) atoms. The van der Waals surface area contributed by atoms with E-state index in [1.165, 1.54) is 0 Å². The summed E-state index contributed by atoms with van der Waals surface area (Å²) in [5.74, 6) is 2.84. The minimum Gasteiger partial charge on any atom is -0.490 e. The van der Waals surface area contributed by atoms with Gasteiger partial charge in [-0.15, -0.1) is 0 Å². The molecule has 3 heteroatoms. The molecule has 0 aliphatic heterocycles. The Hall–Kier alpha value is -2.68. The predicted molar refractivity (Wildman–Crippen MR) is 84.3 cm³/mol. The quantitative estimate of drug-likeness (QED) is 0.662. The maximum Gasteiger partial charge on any atom is 0.169 e. The summed E-state index contributed by atoms with van der Waals surface area (Å²) >= 11 is 0. The summed E-state index contributed by atoms with van der Waals surface area (Å²) in [6.45, 7) is 8.17. The third-order valence-corrected chi connectivity index (χ3v) is 2.63. The summed E-state index contributed by atoms with van der Waals surface area (Å²) in [7, 11) is 0. The molecule has 0 aliphatic rings. The van der Waals surface area contributed by atoms with Crippen LogP contribution < -0.4 is 14.2 Å². The summed E-state index contributed by atoms with van der Waals surface area (Å²) < 4.78 is 16.8. The second-order valence-electron chi connectivity index (χ2n) is 4.22. The smallest absolute Gasteiger partial charge is 0.169 e. The fourth-order valence-corrected chi connectivity index (χ4v) is 1.69. The Balaban J connectivity index is 2.07. The van der Waals surface area contributed by atoms with E-state index in [0.717, 1.165) is 11.5 Å². The van der Waals surface area contributed by atoms with Gasteiger partial charge in [-0.25, -0.2) is 0 Å². The van der Waals surface area contributed by atoms with Crippen LogP contribution in [-0.4, -0.2) is 13.2 Å². The second kappa shape index (κ2) is 7.80. The summed E-state index contributed by atoms with van der Waals surface area (Å²) in [6.07, 6.45) is 3.40. The van der Waals surface area contributed by atoms with Gasteiger partial charge in [0.05, 0.1) is 0 Å². The van der Waals surface area contributed by atoms with E-state index in [1.807, 2.05) is 48.5 Å². The molecule has 0 aliphatic carbocycles. The van der Waals surface area contributed by atoms with Gasteiger partial charge in [0.15, 0.2) is 11.5 Å². The van der Waals surface area contributed by atoms with Crippen molar-refractivity contribution in [2.24, 2.45) is 0 Å². The van der Waals surface area contributed by atoms with Crippen LogP contribution in [0, 0.1) is 0 Å². The van der Waals surface area contributed by atoms with E-state index in [1.54, 1.807) is 12.2 Å². The molecular weight excluding hydrogens is 264 g/mol. The topological polar surface area (TPSA) is 27.7 Å².